The lowest BCUT2D eigenvalue weighted by Gasteiger charge is -2.22. The molecule has 0 heterocycles. The second kappa shape index (κ2) is 14.1. The summed E-state index contributed by atoms with van der Waals surface area (Å²) in [5.74, 6) is 1.03. The molecule has 5 nitrogen and oxygen atoms in total. The number of rotatable bonds is 11. The summed E-state index contributed by atoms with van der Waals surface area (Å²) in [6.45, 7) is 7.18. The molecule has 0 aliphatic carbocycles. The Morgan fingerprint density at radius 3 is 1.46 bits per heavy atom. The van der Waals surface area contributed by atoms with Gasteiger partial charge in [0.2, 0.25) is 9.84 Å². The lowest BCUT2D eigenvalue weighted by atomic mass is 10.2. The lowest BCUT2D eigenvalue weighted by Crippen LogP contribution is -2.26. The van der Waals surface area contributed by atoms with Crippen molar-refractivity contribution in [3.8, 4) is 11.5 Å². The van der Waals surface area contributed by atoms with Crippen LogP contribution >= 0.6 is 112 Å². The van der Waals surface area contributed by atoms with Crippen LogP contribution in [0, 0.1) is 0 Å². The molecule has 13 heteroatoms. The van der Waals surface area contributed by atoms with Crippen molar-refractivity contribution in [2.45, 2.75) is 45.8 Å². The molecule has 0 fully saturated rings. The largest absolute Gasteiger partial charge is 0.490 e. The first kappa shape index (κ1) is 32.5. The first-order valence-electron chi connectivity index (χ1n) is 10.1. The maximum absolute atomic E-state index is 13.4. The van der Waals surface area contributed by atoms with Gasteiger partial charge in [0.15, 0.2) is 0 Å². The highest BCUT2D eigenvalue weighted by atomic mass is 79.9. The Morgan fingerprint density at radius 2 is 1.11 bits per heavy atom. The highest BCUT2D eigenvalue weighted by molar-refractivity contribution is 9.12. The van der Waals surface area contributed by atoms with Crippen LogP contribution in [0.5, 0.6) is 11.5 Å². The molecule has 2 unspecified atom stereocenters. The summed E-state index contributed by atoms with van der Waals surface area (Å²) in [6, 6.07) is 6.12. The predicted molar refractivity (Wildman–Crippen MR) is 165 cm³/mol. The fraction of sp³-hybridized carbons (Fsp3) is 0.455. The SMILES string of the molecule is CC(C)(C)OCC(Br)COc1c(Br)cc(S(=O)(=O)c2cc(Br)c(OCC(Br)CBr)c(Br)c2)cc1Br. The molecule has 0 aromatic heterocycles. The number of hydrogen-bond acceptors (Lipinski definition) is 5. The molecule has 0 saturated carbocycles. The van der Waals surface area contributed by atoms with Gasteiger partial charge in [-0.1, -0.05) is 47.8 Å². The van der Waals surface area contributed by atoms with Gasteiger partial charge in [-0.25, -0.2) is 8.42 Å². The average Bonchev–Trinajstić information content (AvgIpc) is 2.75. The maximum atomic E-state index is 13.4. The van der Waals surface area contributed by atoms with Crippen LogP contribution in [0.4, 0.5) is 0 Å². The predicted octanol–water partition coefficient (Wildman–Crippen LogP) is 9.06. The number of ether oxygens (including phenoxy) is 3. The van der Waals surface area contributed by atoms with Crippen LogP contribution in [0.3, 0.4) is 0 Å². The molecular weight excluding hydrogens is 936 g/mol. The Kier molecular flexibility index (Phi) is 13.1. The molecule has 0 aliphatic rings. The van der Waals surface area contributed by atoms with Crippen LogP contribution < -0.4 is 9.47 Å². The third-order valence-corrected chi connectivity index (χ3v) is 11.1. The van der Waals surface area contributed by atoms with Gasteiger partial charge in [-0.15, -0.1) is 0 Å². The Morgan fingerprint density at radius 1 is 0.743 bits per heavy atom. The van der Waals surface area contributed by atoms with Crippen molar-refractivity contribution < 1.29 is 22.6 Å². The van der Waals surface area contributed by atoms with Crippen molar-refractivity contribution in [2.75, 3.05) is 25.2 Å². The van der Waals surface area contributed by atoms with Crippen LogP contribution in [0.15, 0.2) is 51.9 Å². The van der Waals surface area contributed by atoms with Crippen molar-refractivity contribution in [3.05, 3.63) is 42.2 Å². The van der Waals surface area contributed by atoms with E-state index < -0.39 is 9.84 Å². The first-order chi connectivity index (χ1) is 16.2. The summed E-state index contributed by atoms with van der Waals surface area (Å²) in [6.07, 6.45) is 0. The van der Waals surface area contributed by atoms with Gasteiger partial charge in [-0.3, -0.25) is 0 Å². The number of hydrogen-bond donors (Lipinski definition) is 0. The normalized spacial score (nSPS) is 14.0. The van der Waals surface area contributed by atoms with E-state index in [-0.39, 0.29) is 25.0 Å². The smallest absolute Gasteiger partial charge is 0.206 e. The number of halogens is 7. The highest BCUT2D eigenvalue weighted by Crippen LogP contribution is 2.41. The monoisotopic (exact) mass is 952 g/mol. The quantitative estimate of drug-likeness (QED) is 0.211. The van der Waals surface area contributed by atoms with Crippen molar-refractivity contribution in [1.29, 1.82) is 0 Å². The minimum Gasteiger partial charge on any atom is -0.490 e. The second-order valence-electron chi connectivity index (χ2n) is 8.33. The summed E-state index contributed by atoms with van der Waals surface area (Å²) in [5, 5.41) is 0.721. The van der Waals surface area contributed by atoms with Gasteiger partial charge >= 0.3 is 0 Å². The van der Waals surface area contributed by atoms with Gasteiger partial charge in [0.25, 0.3) is 0 Å². The summed E-state index contributed by atoms with van der Waals surface area (Å²) in [4.78, 5) is 0.314. The molecule has 2 aromatic carbocycles. The maximum Gasteiger partial charge on any atom is 0.206 e. The van der Waals surface area contributed by atoms with Gasteiger partial charge in [-0.2, -0.15) is 0 Å². The average molecular weight is 959 g/mol. The Hall–Kier alpha value is 1.31. The summed E-state index contributed by atoms with van der Waals surface area (Å²) in [7, 11) is -3.83. The molecule has 0 radical (unpaired) electrons. The van der Waals surface area contributed by atoms with E-state index in [1.54, 1.807) is 0 Å². The Bertz CT molecular complexity index is 1090. The fourth-order valence-electron chi connectivity index (χ4n) is 2.58. The van der Waals surface area contributed by atoms with Crippen LogP contribution in [0.1, 0.15) is 20.8 Å². The number of benzene rings is 2. The first-order valence-corrected chi connectivity index (χ1v) is 17.7. The van der Waals surface area contributed by atoms with Crippen LogP contribution in [-0.2, 0) is 14.6 Å². The van der Waals surface area contributed by atoms with E-state index >= 15 is 0 Å². The third kappa shape index (κ3) is 9.77. The minimum absolute atomic E-state index is 0.0336. The van der Waals surface area contributed by atoms with Gasteiger partial charge in [0, 0.05) is 5.33 Å². The molecule has 2 rings (SSSR count). The Labute approximate surface area is 265 Å². The van der Waals surface area contributed by atoms with E-state index in [9.17, 15) is 8.42 Å². The van der Waals surface area contributed by atoms with Crippen molar-refractivity contribution in [2.24, 2.45) is 0 Å². The van der Waals surface area contributed by atoms with E-state index in [4.69, 9.17) is 14.2 Å². The van der Waals surface area contributed by atoms with Gasteiger partial charge in [-0.05, 0) is 109 Å². The molecule has 0 spiro atoms. The molecule has 2 aromatic rings. The third-order valence-electron chi connectivity index (χ3n) is 4.25. The van der Waals surface area contributed by atoms with Gasteiger partial charge in [0.05, 0.1) is 49.5 Å². The molecule has 0 aliphatic heterocycles. The zero-order chi connectivity index (χ0) is 26.6. The zero-order valence-electron chi connectivity index (χ0n) is 18.9. The fourth-order valence-corrected chi connectivity index (χ4v) is 7.96. The minimum atomic E-state index is -3.83. The summed E-state index contributed by atoms with van der Waals surface area (Å²) in [5.41, 5.74) is -0.249. The van der Waals surface area contributed by atoms with E-state index in [0.717, 1.165) is 5.33 Å². The van der Waals surface area contributed by atoms with E-state index in [2.05, 4.69) is 112 Å². The molecule has 0 bridgehead atoms. The second-order valence-corrected chi connectivity index (χ2v) is 16.9. The highest BCUT2D eigenvalue weighted by Gasteiger charge is 2.24. The lowest BCUT2D eigenvalue weighted by molar-refractivity contribution is -0.00464. The molecule has 35 heavy (non-hydrogen) atoms. The van der Waals surface area contributed by atoms with E-state index in [0.29, 0.717) is 49.2 Å². The van der Waals surface area contributed by atoms with Crippen LogP contribution in [-0.4, -0.2) is 48.8 Å². The molecule has 0 saturated heterocycles. The van der Waals surface area contributed by atoms with Crippen molar-refractivity contribution in [1.82, 2.24) is 0 Å². The topological polar surface area (TPSA) is 61.8 Å². The molecule has 0 amide bonds. The van der Waals surface area contributed by atoms with Gasteiger partial charge < -0.3 is 14.2 Å². The number of alkyl halides is 3. The van der Waals surface area contributed by atoms with Gasteiger partial charge in [0.1, 0.15) is 24.7 Å². The van der Waals surface area contributed by atoms with Crippen LogP contribution in [0.25, 0.3) is 0 Å². The van der Waals surface area contributed by atoms with E-state index in [1.807, 2.05) is 20.8 Å². The standard InChI is InChI=1S/C22H23Br7O5S/c1-22(2,3)34-11-13(25)10-33-21-18(28)6-15(7-19(21)29)35(30,31)14-4-16(26)20(17(27)5-14)32-9-12(24)8-23/h4-7,12-13H,8-11H2,1-3H3. The Balaban J connectivity index is 2.24. The molecule has 196 valence electrons. The summed E-state index contributed by atoms with van der Waals surface area (Å²) < 4.78 is 46.4. The molecule has 2 atom stereocenters. The van der Waals surface area contributed by atoms with Crippen molar-refractivity contribution in [3.63, 3.8) is 0 Å². The van der Waals surface area contributed by atoms with Crippen LogP contribution in [0.2, 0.25) is 0 Å². The molecule has 0 N–H and O–H groups in total. The van der Waals surface area contributed by atoms with Crippen molar-refractivity contribution >= 4 is 121 Å². The summed E-state index contributed by atoms with van der Waals surface area (Å²) >= 11 is 24.2. The number of sulfone groups is 1. The molecular formula is C22H23Br7O5S. The van der Waals surface area contributed by atoms with E-state index in [1.165, 1.54) is 24.3 Å². The zero-order valence-corrected chi connectivity index (χ0v) is 30.8.